The lowest BCUT2D eigenvalue weighted by Gasteiger charge is -2.47. The lowest BCUT2D eigenvalue weighted by molar-refractivity contribution is -0.181. The summed E-state index contributed by atoms with van der Waals surface area (Å²) in [5.41, 5.74) is 8.78. The molecule has 1 fully saturated rings. The van der Waals surface area contributed by atoms with E-state index in [9.17, 15) is 14.4 Å². The molecule has 3 aromatic rings. The zero-order valence-electron chi connectivity index (χ0n) is 23.4. The number of aryl methyl sites for hydroxylation is 1. The highest BCUT2D eigenvalue weighted by molar-refractivity contribution is 6.00. The molecule has 1 heterocycles. The molecule has 7 heteroatoms. The molecular weight excluding hydrogens is 488 g/mol. The molecule has 1 aliphatic rings. The fourth-order valence-electron chi connectivity index (χ4n) is 5.73. The van der Waals surface area contributed by atoms with Crippen LogP contribution in [0.1, 0.15) is 69.2 Å². The topological polar surface area (TPSA) is 87.0 Å². The Balaban J connectivity index is 1.97. The fraction of sp³-hybridized carbons (Fsp3) is 0.344. The van der Waals surface area contributed by atoms with Gasteiger partial charge >= 0.3 is 6.03 Å². The van der Waals surface area contributed by atoms with Gasteiger partial charge in [0.1, 0.15) is 6.04 Å². The molecule has 1 unspecified atom stereocenters. The van der Waals surface area contributed by atoms with Crippen molar-refractivity contribution in [3.05, 3.63) is 102 Å². The smallest absolute Gasteiger partial charge is 0.320 e. The summed E-state index contributed by atoms with van der Waals surface area (Å²) in [6, 6.07) is 25.2. The second-order valence-electron chi connectivity index (χ2n) is 11.3. The Morgan fingerprint density at radius 1 is 0.872 bits per heavy atom. The largest absolute Gasteiger partial charge is 0.351 e. The molecule has 1 saturated heterocycles. The average molecular weight is 527 g/mol. The summed E-state index contributed by atoms with van der Waals surface area (Å²) in [4.78, 5) is 42.5. The van der Waals surface area contributed by atoms with Crippen molar-refractivity contribution in [2.45, 2.75) is 71.0 Å². The highest BCUT2D eigenvalue weighted by Gasteiger charge is 2.47. The van der Waals surface area contributed by atoms with Crippen LogP contribution in [0, 0.1) is 6.92 Å². The van der Waals surface area contributed by atoms with Crippen LogP contribution in [0.3, 0.4) is 0 Å². The first kappa shape index (κ1) is 27.9. The van der Waals surface area contributed by atoms with Gasteiger partial charge in [0.15, 0.2) is 0 Å². The van der Waals surface area contributed by atoms with E-state index in [-0.39, 0.29) is 17.7 Å². The first-order chi connectivity index (χ1) is 18.5. The van der Waals surface area contributed by atoms with E-state index in [4.69, 9.17) is 5.73 Å². The SMILES string of the molecule is CC(=O)N(N1C(=O)[C@H](N(C(N)=O)c2cccc(C)c2)C[C@H](c2ccccc2)CC1c1ccccc1)C(C)(C)C. The number of anilines is 1. The predicted molar refractivity (Wildman–Crippen MR) is 154 cm³/mol. The number of nitrogens with zero attached hydrogens (tertiary/aromatic N) is 3. The van der Waals surface area contributed by atoms with Gasteiger partial charge in [-0.1, -0.05) is 72.8 Å². The maximum absolute atomic E-state index is 14.8. The number of amides is 4. The highest BCUT2D eigenvalue weighted by Crippen LogP contribution is 2.43. The van der Waals surface area contributed by atoms with Crippen LogP contribution in [-0.4, -0.2) is 39.4 Å². The molecule has 3 atom stereocenters. The van der Waals surface area contributed by atoms with E-state index in [0.29, 0.717) is 18.5 Å². The summed E-state index contributed by atoms with van der Waals surface area (Å²) in [6.07, 6.45) is 0.923. The van der Waals surface area contributed by atoms with Gasteiger partial charge in [-0.2, -0.15) is 0 Å². The Morgan fingerprint density at radius 3 is 1.97 bits per heavy atom. The fourth-order valence-corrected chi connectivity index (χ4v) is 5.73. The Labute approximate surface area is 231 Å². The molecule has 0 aliphatic carbocycles. The van der Waals surface area contributed by atoms with Gasteiger partial charge in [-0.3, -0.25) is 14.5 Å². The van der Waals surface area contributed by atoms with E-state index >= 15 is 0 Å². The first-order valence-electron chi connectivity index (χ1n) is 13.4. The lowest BCUT2D eigenvalue weighted by Crippen LogP contribution is -2.62. The number of carbonyl (C=O) groups is 3. The minimum Gasteiger partial charge on any atom is -0.351 e. The number of hydrazine groups is 1. The highest BCUT2D eigenvalue weighted by atomic mass is 16.2. The van der Waals surface area contributed by atoms with Crippen LogP contribution in [0.15, 0.2) is 84.9 Å². The summed E-state index contributed by atoms with van der Waals surface area (Å²) in [5.74, 6) is -0.682. The molecule has 4 amide bonds. The second kappa shape index (κ2) is 11.3. The number of urea groups is 1. The molecule has 2 N–H and O–H groups in total. The van der Waals surface area contributed by atoms with Crippen LogP contribution in [-0.2, 0) is 9.59 Å². The summed E-state index contributed by atoms with van der Waals surface area (Å²) in [7, 11) is 0. The van der Waals surface area contributed by atoms with Gasteiger partial charge in [-0.25, -0.2) is 14.8 Å². The molecule has 0 spiro atoms. The van der Waals surface area contributed by atoms with Crippen LogP contribution in [0.5, 0.6) is 0 Å². The van der Waals surface area contributed by atoms with Crippen molar-refractivity contribution in [1.82, 2.24) is 10.0 Å². The van der Waals surface area contributed by atoms with Crippen molar-refractivity contribution in [2.75, 3.05) is 4.90 Å². The summed E-state index contributed by atoms with van der Waals surface area (Å²) >= 11 is 0. The van der Waals surface area contributed by atoms with Gasteiger partial charge in [-0.15, -0.1) is 0 Å². The van der Waals surface area contributed by atoms with Crippen molar-refractivity contribution < 1.29 is 14.4 Å². The zero-order valence-corrected chi connectivity index (χ0v) is 23.4. The third kappa shape index (κ3) is 5.98. The summed E-state index contributed by atoms with van der Waals surface area (Å²) in [6.45, 7) is 9.13. The van der Waals surface area contributed by atoms with Crippen molar-refractivity contribution in [3.63, 3.8) is 0 Å². The molecule has 1 aliphatic heterocycles. The third-order valence-corrected chi connectivity index (χ3v) is 7.26. The maximum Gasteiger partial charge on any atom is 0.320 e. The van der Waals surface area contributed by atoms with Crippen LogP contribution in [0.2, 0.25) is 0 Å². The third-order valence-electron chi connectivity index (χ3n) is 7.26. The molecule has 204 valence electrons. The zero-order chi connectivity index (χ0) is 28.3. The second-order valence-corrected chi connectivity index (χ2v) is 11.3. The van der Waals surface area contributed by atoms with Crippen molar-refractivity contribution >= 4 is 23.5 Å². The Morgan fingerprint density at radius 2 is 1.46 bits per heavy atom. The summed E-state index contributed by atoms with van der Waals surface area (Å²) in [5, 5.41) is 3.14. The number of rotatable bonds is 5. The van der Waals surface area contributed by atoms with Crippen molar-refractivity contribution in [2.24, 2.45) is 5.73 Å². The quantitative estimate of drug-likeness (QED) is 0.445. The number of benzene rings is 3. The minimum absolute atomic E-state index is 0.0872. The molecular formula is C32H38N4O3. The van der Waals surface area contributed by atoms with E-state index in [2.05, 4.69) is 12.1 Å². The normalized spacial score (nSPS) is 19.8. The van der Waals surface area contributed by atoms with Crippen LogP contribution < -0.4 is 10.6 Å². The first-order valence-corrected chi connectivity index (χ1v) is 13.4. The molecule has 4 rings (SSSR count). The van der Waals surface area contributed by atoms with E-state index in [1.807, 2.05) is 94.4 Å². The van der Waals surface area contributed by atoms with Crippen molar-refractivity contribution in [3.8, 4) is 0 Å². The molecule has 0 saturated carbocycles. The molecule has 0 aromatic heterocycles. The van der Waals surface area contributed by atoms with E-state index in [1.165, 1.54) is 11.8 Å². The average Bonchev–Trinajstić information content (AvgIpc) is 3.02. The predicted octanol–water partition coefficient (Wildman–Crippen LogP) is 5.96. The number of hydrogen-bond acceptors (Lipinski definition) is 3. The monoisotopic (exact) mass is 526 g/mol. The van der Waals surface area contributed by atoms with Crippen LogP contribution in [0.4, 0.5) is 10.5 Å². The van der Waals surface area contributed by atoms with Gasteiger partial charge in [0.2, 0.25) is 5.91 Å². The number of carbonyl (C=O) groups excluding carboxylic acids is 3. The lowest BCUT2D eigenvalue weighted by atomic mass is 9.86. The van der Waals surface area contributed by atoms with Gasteiger partial charge in [-0.05, 0) is 75.3 Å². The molecule has 0 bridgehead atoms. The van der Waals surface area contributed by atoms with E-state index in [0.717, 1.165) is 16.7 Å². The van der Waals surface area contributed by atoms with E-state index < -0.39 is 23.7 Å². The van der Waals surface area contributed by atoms with Crippen LogP contribution >= 0.6 is 0 Å². The molecule has 3 aromatic carbocycles. The van der Waals surface area contributed by atoms with Gasteiger partial charge in [0.25, 0.3) is 5.91 Å². The number of nitrogens with two attached hydrogens (primary N) is 1. The minimum atomic E-state index is -0.924. The molecule has 39 heavy (non-hydrogen) atoms. The Bertz CT molecular complexity index is 1320. The molecule has 0 radical (unpaired) electrons. The van der Waals surface area contributed by atoms with Gasteiger partial charge in [0.05, 0.1) is 11.6 Å². The molecule has 7 nitrogen and oxygen atoms in total. The maximum atomic E-state index is 14.8. The number of hydrogen-bond donors (Lipinski definition) is 1. The van der Waals surface area contributed by atoms with Crippen LogP contribution in [0.25, 0.3) is 0 Å². The standard InChI is InChI=1S/C32H38N4O3/c1-22-13-12-18-27(19-22)34(31(33)39)29-21-26(24-14-8-6-9-15-24)20-28(25-16-10-7-11-17-25)35(30(29)38)36(23(2)37)32(3,4)5/h6-19,26,28-29H,20-21H2,1-5H3,(H2,33,39)/t26-,28?,29-/m1/s1. The van der Waals surface area contributed by atoms with E-state index in [1.54, 1.807) is 16.1 Å². The number of primary amides is 1. The van der Waals surface area contributed by atoms with Crippen molar-refractivity contribution in [1.29, 1.82) is 0 Å². The van der Waals surface area contributed by atoms with Gasteiger partial charge < -0.3 is 5.73 Å². The van der Waals surface area contributed by atoms with Gasteiger partial charge in [0, 0.05) is 12.6 Å². The Kier molecular flexibility index (Phi) is 8.09. The Hall–Kier alpha value is -4.13. The summed E-state index contributed by atoms with van der Waals surface area (Å²) < 4.78 is 0.